The largest absolute Gasteiger partial charge is 0.354 e. The fourth-order valence-corrected chi connectivity index (χ4v) is 5.64. The smallest absolute Gasteiger partial charge is 0.319 e. The predicted molar refractivity (Wildman–Crippen MR) is 148 cm³/mol. The van der Waals surface area contributed by atoms with Crippen molar-refractivity contribution in [1.82, 2.24) is 10.6 Å². The Morgan fingerprint density at radius 3 is 2.16 bits per heavy atom. The van der Waals surface area contributed by atoms with E-state index < -0.39 is 22.1 Å². The second-order valence-electron chi connectivity index (χ2n) is 10.4. The molecule has 1 atom stereocenters. The van der Waals surface area contributed by atoms with E-state index in [0.29, 0.717) is 30.3 Å². The maximum atomic E-state index is 12.8. The average Bonchev–Trinajstić information content (AvgIpc) is 2.85. The number of sulfonamides is 1. The number of benzene rings is 2. The maximum Gasteiger partial charge on any atom is 0.319 e. The Labute approximate surface area is 221 Å². The van der Waals surface area contributed by atoms with Gasteiger partial charge in [-0.05, 0) is 68.0 Å². The van der Waals surface area contributed by atoms with Gasteiger partial charge >= 0.3 is 6.03 Å². The van der Waals surface area contributed by atoms with Gasteiger partial charge in [0.25, 0.3) is 10.0 Å². The van der Waals surface area contributed by atoms with Crippen molar-refractivity contribution in [2.24, 2.45) is 11.8 Å². The lowest BCUT2D eigenvalue weighted by molar-refractivity contribution is -0.123. The number of nitrogens with one attached hydrogen (secondary N) is 4. The minimum atomic E-state index is -3.71. The molecule has 0 aromatic heterocycles. The van der Waals surface area contributed by atoms with E-state index in [4.69, 9.17) is 0 Å². The van der Waals surface area contributed by atoms with E-state index in [9.17, 15) is 18.0 Å². The van der Waals surface area contributed by atoms with Crippen LogP contribution in [0.15, 0.2) is 53.4 Å². The van der Waals surface area contributed by atoms with Gasteiger partial charge in [0.2, 0.25) is 5.91 Å². The Balaban J connectivity index is 1.52. The van der Waals surface area contributed by atoms with Crippen LogP contribution in [0, 0.1) is 18.8 Å². The van der Waals surface area contributed by atoms with Gasteiger partial charge in [0.05, 0.1) is 4.90 Å². The molecule has 2 aromatic rings. The van der Waals surface area contributed by atoms with Crippen molar-refractivity contribution < 1.29 is 18.0 Å². The van der Waals surface area contributed by atoms with Crippen LogP contribution in [0.1, 0.15) is 64.4 Å². The average molecular weight is 529 g/mol. The molecule has 8 nitrogen and oxygen atoms in total. The highest BCUT2D eigenvalue weighted by atomic mass is 32.2. The third-order valence-electron chi connectivity index (χ3n) is 6.63. The number of carbonyl (C=O) groups excluding carboxylic acids is 2. The van der Waals surface area contributed by atoms with Gasteiger partial charge in [-0.1, -0.05) is 63.6 Å². The van der Waals surface area contributed by atoms with Crippen LogP contribution in [0.3, 0.4) is 0 Å². The zero-order chi connectivity index (χ0) is 26.8. The minimum absolute atomic E-state index is 0.166. The van der Waals surface area contributed by atoms with Crippen LogP contribution >= 0.6 is 0 Å². The van der Waals surface area contributed by atoms with Gasteiger partial charge in [-0.15, -0.1) is 0 Å². The predicted octanol–water partition coefficient (Wildman–Crippen LogP) is 5.42. The molecule has 2 aromatic carbocycles. The quantitative estimate of drug-likeness (QED) is 0.312. The van der Waals surface area contributed by atoms with E-state index in [1.807, 2.05) is 20.8 Å². The van der Waals surface area contributed by atoms with Crippen molar-refractivity contribution in [1.29, 1.82) is 0 Å². The fourth-order valence-electron chi connectivity index (χ4n) is 4.58. The Kier molecular flexibility index (Phi) is 10.4. The summed E-state index contributed by atoms with van der Waals surface area (Å²) in [4.78, 5) is 25.6. The molecule has 0 unspecified atom stereocenters. The summed E-state index contributed by atoms with van der Waals surface area (Å²) in [5.74, 6) is 0.744. The van der Waals surface area contributed by atoms with Crippen LogP contribution in [-0.4, -0.2) is 32.9 Å². The number of carbonyl (C=O) groups is 2. The molecule has 3 amide bonds. The number of urea groups is 1. The Morgan fingerprint density at radius 2 is 1.54 bits per heavy atom. The van der Waals surface area contributed by atoms with E-state index in [2.05, 4.69) is 20.7 Å². The van der Waals surface area contributed by atoms with Crippen LogP contribution in [0.5, 0.6) is 0 Å². The molecule has 1 fully saturated rings. The van der Waals surface area contributed by atoms with Crippen LogP contribution < -0.4 is 20.7 Å². The van der Waals surface area contributed by atoms with Crippen molar-refractivity contribution >= 4 is 33.3 Å². The first-order valence-corrected chi connectivity index (χ1v) is 14.7. The number of hydrogen-bond donors (Lipinski definition) is 4. The fraction of sp³-hybridized carbons (Fsp3) is 0.500. The Hall–Kier alpha value is -3.07. The summed E-state index contributed by atoms with van der Waals surface area (Å²) in [7, 11) is -3.71. The monoisotopic (exact) mass is 528 g/mol. The van der Waals surface area contributed by atoms with Crippen molar-refractivity contribution in [2.45, 2.75) is 76.7 Å². The highest BCUT2D eigenvalue weighted by molar-refractivity contribution is 7.92. The maximum absolute atomic E-state index is 12.8. The lowest BCUT2D eigenvalue weighted by Gasteiger charge is -2.23. The van der Waals surface area contributed by atoms with Crippen molar-refractivity contribution in [3.8, 4) is 0 Å². The van der Waals surface area contributed by atoms with E-state index in [-0.39, 0.29) is 16.7 Å². The number of rotatable bonds is 11. The standard InChI is InChI=1S/C28H40N4O4S/c1-20(2)19-26(27(33)29-18-17-22-7-5-4-6-8-22)31-28(34)30-23-11-13-24(14-12-23)32-37(35,36)25-15-9-21(3)10-16-25/h9-16,20,22,26,32H,4-8,17-19H2,1-3H3,(H,29,33)(H2,30,31,34)/t26-/m1/s1. The summed E-state index contributed by atoms with van der Waals surface area (Å²) >= 11 is 0. The molecule has 0 heterocycles. The van der Waals surface area contributed by atoms with Crippen molar-refractivity contribution in [3.63, 3.8) is 0 Å². The molecule has 0 radical (unpaired) electrons. The lowest BCUT2D eigenvalue weighted by Crippen LogP contribution is -2.49. The summed E-state index contributed by atoms with van der Waals surface area (Å²) in [6.07, 6.45) is 7.83. The first-order chi connectivity index (χ1) is 17.6. The normalized spacial score (nSPS) is 15.1. The van der Waals surface area contributed by atoms with Crippen LogP contribution in [0.25, 0.3) is 0 Å². The number of anilines is 2. The minimum Gasteiger partial charge on any atom is -0.354 e. The van der Waals surface area contributed by atoms with Gasteiger partial charge in [0.1, 0.15) is 6.04 Å². The molecular formula is C28H40N4O4S. The molecular weight excluding hydrogens is 488 g/mol. The van der Waals surface area contributed by atoms with Gasteiger partial charge in [-0.3, -0.25) is 9.52 Å². The summed E-state index contributed by atoms with van der Waals surface area (Å²) < 4.78 is 27.7. The summed E-state index contributed by atoms with van der Waals surface area (Å²) in [5.41, 5.74) is 1.83. The molecule has 0 saturated heterocycles. The van der Waals surface area contributed by atoms with Crippen molar-refractivity contribution in [3.05, 3.63) is 54.1 Å². The Morgan fingerprint density at radius 1 is 0.919 bits per heavy atom. The third-order valence-corrected chi connectivity index (χ3v) is 8.03. The molecule has 1 saturated carbocycles. The van der Waals surface area contributed by atoms with E-state index in [1.165, 1.54) is 32.1 Å². The van der Waals surface area contributed by atoms with Crippen LogP contribution in [-0.2, 0) is 14.8 Å². The number of aryl methyl sites for hydroxylation is 1. The highest BCUT2D eigenvalue weighted by Gasteiger charge is 2.22. The van der Waals surface area contributed by atoms with Gasteiger partial charge < -0.3 is 16.0 Å². The highest BCUT2D eigenvalue weighted by Crippen LogP contribution is 2.25. The molecule has 202 valence electrons. The lowest BCUT2D eigenvalue weighted by atomic mass is 9.87. The zero-order valence-corrected chi connectivity index (χ0v) is 22.9. The first-order valence-electron chi connectivity index (χ1n) is 13.2. The van der Waals surface area contributed by atoms with E-state index in [0.717, 1.165) is 12.0 Å². The SMILES string of the molecule is Cc1ccc(S(=O)(=O)Nc2ccc(NC(=O)N[C@H](CC(C)C)C(=O)NCCC3CCCCC3)cc2)cc1. The molecule has 0 spiro atoms. The van der Waals surface area contributed by atoms with Gasteiger partial charge in [0.15, 0.2) is 0 Å². The van der Waals surface area contributed by atoms with Crippen molar-refractivity contribution in [2.75, 3.05) is 16.6 Å². The second kappa shape index (κ2) is 13.5. The molecule has 0 aliphatic heterocycles. The first kappa shape index (κ1) is 28.5. The second-order valence-corrected chi connectivity index (χ2v) is 12.0. The van der Waals surface area contributed by atoms with Gasteiger partial charge in [-0.2, -0.15) is 0 Å². The van der Waals surface area contributed by atoms with E-state index in [1.54, 1.807) is 48.5 Å². The topological polar surface area (TPSA) is 116 Å². The molecule has 37 heavy (non-hydrogen) atoms. The summed E-state index contributed by atoms with van der Waals surface area (Å²) in [6.45, 7) is 6.54. The van der Waals surface area contributed by atoms with Crippen LogP contribution in [0.4, 0.5) is 16.2 Å². The van der Waals surface area contributed by atoms with Gasteiger partial charge in [-0.25, -0.2) is 13.2 Å². The summed E-state index contributed by atoms with van der Waals surface area (Å²) in [5, 5.41) is 8.52. The van der Waals surface area contributed by atoms with Gasteiger partial charge in [0, 0.05) is 17.9 Å². The number of amides is 3. The molecule has 0 bridgehead atoms. The molecule has 3 rings (SSSR count). The van der Waals surface area contributed by atoms with Crippen LogP contribution in [0.2, 0.25) is 0 Å². The Bertz CT molecular complexity index is 1130. The van der Waals surface area contributed by atoms with E-state index >= 15 is 0 Å². The molecule has 9 heteroatoms. The third kappa shape index (κ3) is 9.39. The number of hydrogen-bond acceptors (Lipinski definition) is 4. The molecule has 1 aliphatic rings. The zero-order valence-electron chi connectivity index (χ0n) is 22.0. The summed E-state index contributed by atoms with van der Waals surface area (Å²) in [6, 6.07) is 11.8. The molecule has 4 N–H and O–H groups in total. The molecule has 1 aliphatic carbocycles.